The molecule has 0 rings (SSSR count). The van der Waals surface area contributed by atoms with Gasteiger partial charge in [-0.3, -0.25) is 9.59 Å². The van der Waals surface area contributed by atoms with Gasteiger partial charge < -0.3 is 20.3 Å². The van der Waals surface area contributed by atoms with Crippen LogP contribution in [0, 0.1) is 0 Å². The fourth-order valence-corrected chi connectivity index (χ4v) is 9.08. The van der Waals surface area contributed by atoms with E-state index in [1.165, 1.54) is 218 Å². The van der Waals surface area contributed by atoms with Crippen LogP contribution in [-0.2, 0) is 14.3 Å². The van der Waals surface area contributed by atoms with Crippen molar-refractivity contribution in [1.29, 1.82) is 0 Å². The summed E-state index contributed by atoms with van der Waals surface area (Å²) < 4.78 is 5.45. The molecule has 0 saturated carbocycles. The highest BCUT2D eigenvalue weighted by Crippen LogP contribution is 2.17. The molecule has 0 aliphatic heterocycles. The number of nitrogens with one attached hydrogen (secondary N) is 1. The molecule has 0 aromatic rings. The van der Waals surface area contributed by atoms with Crippen LogP contribution in [0.5, 0.6) is 0 Å². The summed E-state index contributed by atoms with van der Waals surface area (Å²) in [7, 11) is 0. The number of aliphatic hydroxyl groups excluding tert-OH is 2. The fourth-order valence-electron chi connectivity index (χ4n) is 9.08. The quantitative estimate of drug-likeness (QED) is 0.0321. The summed E-state index contributed by atoms with van der Waals surface area (Å²) in [5.41, 5.74) is 0. The van der Waals surface area contributed by atoms with E-state index >= 15 is 0 Å². The molecule has 6 heteroatoms. The van der Waals surface area contributed by atoms with Crippen LogP contribution in [0.3, 0.4) is 0 Å². The highest BCUT2D eigenvalue weighted by atomic mass is 16.5. The van der Waals surface area contributed by atoms with Crippen molar-refractivity contribution >= 4 is 11.9 Å². The van der Waals surface area contributed by atoms with Gasteiger partial charge in [-0.2, -0.15) is 0 Å². The zero-order valence-corrected chi connectivity index (χ0v) is 44.9. The van der Waals surface area contributed by atoms with Crippen LogP contribution in [-0.4, -0.2) is 47.4 Å². The smallest absolute Gasteiger partial charge is 0.305 e. The molecule has 0 aliphatic rings. The lowest BCUT2D eigenvalue weighted by Gasteiger charge is -2.22. The number of carbonyl (C=O) groups is 2. The van der Waals surface area contributed by atoms with Crippen LogP contribution in [0.1, 0.15) is 316 Å². The molecule has 394 valence electrons. The number of hydrogen-bond acceptors (Lipinski definition) is 5. The molecule has 67 heavy (non-hydrogen) atoms. The molecule has 0 aliphatic carbocycles. The molecule has 0 bridgehead atoms. The minimum absolute atomic E-state index is 0.0170. The normalized spacial score (nSPS) is 12.8. The lowest BCUT2D eigenvalue weighted by molar-refractivity contribution is -0.143. The van der Waals surface area contributed by atoms with E-state index in [0.29, 0.717) is 25.9 Å². The van der Waals surface area contributed by atoms with Gasteiger partial charge >= 0.3 is 5.97 Å². The molecule has 0 aromatic heterocycles. The average Bonchev–Trinajstić information content (AvgIpc) is 3.33. The minimum Gasteiger partial charge on any atom is -0.466 e. The van der Waals surface area contributed by atoms with Gasteiger partial charge in [0.25, 0.3) is 0 Å². The molecule has 0 aromatic carbocycles. The van der Waals surface area contributed by atoms with Crippen molar-refractivity contribution in [3.63, 3.8) is 0 Å². The van der Waals surface area contributed by atoms with Gasteiger partial charge in [-0.25, -0.2) is 0 Å². The summed E-state index contributed by atoms with van der Waals surface area (Å²) in [6.07, 6.45) is 69.9. The monoisotopic (exact) mass is 942 g/mol. The lowest BCUT2D eigenvalue weighted by atomic mass is 10.0. The third-order valence-electron chi connectivity index (χ3n) is 13.6. The number of amides is 1. The molecule has 1 amide bonds. The van der Waals surface area contributed by atoms with Crippen LogP contribution in [0.4, 0.5) is 0 Å². The van der Waals surface area contributed by atoms with Crippen LogP contribution < -0.4 is 5.32 Å². The molecular weight excluding hydrogens is 827 g/mol. The van der Waals surface area contributed by atoms with Crippen molar-refractivity contribution in [1.82, 2.24) is 5.32 Å². The molecule has 2 unspecified atom stereocenters. The predicted octanol–water partition coefficient (Wildman–Crippen LogP) is 18.4. The Morgan fingerprint density at radius 1 is 0.418 bits per heavy atom. The number of allylic oxidation sites excluding steroid dienone is 6. The maximum Gasteiger partial charge on any atom is 0.305 e. The maximum atomic E-state index is 12.5. The largest absolute Gasteiger partial charge is 0.466 e. The highest BCUT2D eigenvalue weighted by molar-refractivity contribution is 5.76. The Balaban J connectivity index is 3.47. The van der Waals surface area contributed by atoms with E-state index < -0.39 is 12.1 Å². The molecular formula is C61H115NO5. The first-order chi connectivity index (χ1) is 33.0. The van der Waals surface area contributed by atoms with Crippen molar-refractivity contribution in [2.75, 3.05) is 13.2 Å². The molecule has 0 radical (unpaired) electrons. The van der Waals surface area contributed by atoms with Crippen molar-refractivity contribution < 1.29 is 24.5 Å². The van der Waals surface area contributed by atoms with E-state index in [9.17, 15) is 19.8 Å². The van der Waals surface area contributed by atoms with E-state index in [1.807, 2.05) is 0 Å². The first-order valence-electron chi connectivity index (χ1n) is 29.7. The molecule has 6 nitrogen and oxygen atoms in total. The number of unbranched alkanes of at least 4 members (excludes halogenated alkanes) is 38. The average molecular weight is 943 g/mol. The van der Waals surface area contributed by atoms with Crippen molar-refractivity contribution in [3.8, 4) is 0 Å². The van der Waals surface area contributed by atoms with Crippen molar-refractivity contribution in [2.24, 2.45) is 0 Å². The molecule has 0 spiro atoms. The predicted molar refractivity (Wildman–Crippen MR) is 292 cm³/mol. The van der Waals surface area contributed by atoms with Gasteiger partial charge in [0.15, 0.2) is 0 Å². The molecule has 0 saturated heterocycles. The summed E-state index contributed by atoms with van der Waals surface area (Å²) in [6.45, 7) is 4.88. The zero-order valence-electron chi connectivity index (χ0n) is 44.9. The third kappa shape index (κ3) is 53.3. The number of ether oxygens (including phenoxy) is 1. The van der Waals surface area contributed by atoms with Gasteiger partial charge in [0.1, 0.15) is 0 Å². The van der Waals surface area contributed by atoms with Crippen LogP contribution in [0.2, 0.25) is 0 Å². The number of carbonyl (C=O) groups excluding carboxylic acids is 2. The van der Waals surface area contributed by atoms with E-state index in [0.717, 1.165) is 64.2 Å². The first kappa shape index (κ1) is 65.1. The Morgan fingerprint density at radius 3 is 1.21 bits per heavy atom. The molecule has 0 fully saturated rings. The number of aliphatic hydroxyl groups is 2. The second kappa shape index (κ2) is 56.7. The minimum atomic E-state index is -0.674. The van der Waals surface area contributed by atoms with Gasteiger partial charge in [0.05, 0.1) is 25.4 Å². The van der Waals surface area contributed by atoms with Gasteiger partial charge in [0, 0.05) is 12.8 Å². The van der Waals surface area contributed by atoms with Crippen LogP contribution >= 0.6 is 0 Å². The fraction of sp³-hybridized carbons (Fsp3) is 0.869. The van der Waals surface area contributed by atoms with Crippen molar-refractivity contribution in [3.05, 3.63) is 36.5 Å². The Labute approximate surface area is 417 Å². The Bertz CT molecular complexity index is 1090. The Kier molecular flexibility index (Phi) is 55.0. The molecule has 0 heterocycles. The Hall–Kier alpha value is -1.92. The van der Waals surface area contributed by atoms with Gasteiger partial charge in [-0.15, -0.1) is 0 Å². The van der Waals surface area contributed by atoms with Crippen LogP contribution in [0.25, 0.3) is 0 Å². The first-order valence-corrected chi connectivity index (χ1v) is 29.7. The lowest BCUT2D eigenvalue weighted by Crippen LogP contribution is -2.45. The summed E-state index contributed by atoms with van der Waals surface area (Å²) in [5.74, 6) is -0.0624. The summed E-state index contributed by atoms with van der Waals surface area (Å²) >= 11 is 0. The second-order valence-electron chi connectivity index (χ2n) is 20.3. The van der Waals surface area contributed by atoms with Crippen molar-refractivity contribution in [2.45, 2.75) is 328 Å². The van der Waals surface area contributed by atoms with E-state index in [2.05, 4.69) is 55.6 Å². The standard InChI is InChI=1S/C61H115NO5/c1-3-5-7-9-11-13-15-17-18-19-20-21-23-26-30-33-37-41-45-49-53-59(64)58(57-63)62-60(65)54-50-46-42-38-34-31-27-24-22-25-28-32-36-40-44-48-52-56-67-61(66)55-51-47-43-39-35-29-16-14-12-10-8-6-4-2/h8,10,14,16,22,25,58-59,63-64H,3-7,9,11-13,15,17-21,23-24,26-57H2,1-2H3,(H,62,65)/b10-8-,16-14-,25-22-. The summed E-state index contributed by atoms with van der Waals surface area (Å²) in [6, 6.07) is -0.552. The number of hydrogen-bond donors (Lipinski definition) is 3. The summed E-state index contributed by atoms with van der Waals surface area (Å²) in [5, 5.41) is 23.3. The molecule has 3 N–H and O–H groups in total. The van der Waals surface area contributed by atoms with Gasteiger partial charge in [-0.1, -0.05) is 262 Å². The maximum absolute atomic E-state index is 12.5. The van der Waals surface area contributed by atoms with Gasteiger partial charge in [0.2, 0.25) is 5.91 Å². The number of esters is 1. The SMILES string of the molecule is CCC/C=C\C/C=C\CCCCCCCC(=O)OCCCCCCCC/C=C\CCCCCCCCCC(=O)NC(CO)C(O)CCCCCCCCCCCCCCCCCCCCCC. The highest BCUT2D eigenvalue weighted by Gasteiger charge is 2.20. The number of rotatable bonds is 55. The van der Waals surface area contributed by atoms with Gasteiger partial charge in [-0.05, 0) is 77.0 Å². The second-order valence-corrected chi connectivity index (χ2v) is 20.3. The van der Waals surface area contributed by atoms with E-state index in [4.69, 9.17) is 4.74 Å². The van der Waals surface area contributed by atoms with E-state index in [-0.39, 0.29) is 18.5 Å². The third-order valence-corrected chi connectivity index (χ3v) is 13.6. The molecule has 2 atom stereocenters. The summed E-state index contributed by atoms with van der Waals surface area (Å²) in [4.78, 5) is 24.5. The van der Waals surface area contributed by atoms with Crippen LogP contribution in [0.15, 0.2) is 36.5 Å². The van der Waals surface area contributed by atoms with E-state index in [1.54, 1.807) is 0 Å². The topological polar surface area (TPSA) is 95.9 Å². The Morgan fingerprint density at radius 2 is 0.776 bits per heavy atom. The zero-order chi connectivity index (χ0) is 48.6.